The molecule has 2 amide bonds. The number of rotatable bonds is 3. The van der Waals surface area contributed by atoms with E-state index in [1.54, 1.807) is 6.92 Å². The van der Waals surface area contributed by atoms with Crippen LogP contribution < -0.4 is 5.32 Å². The van der Waals surface area contributed by atoms with Crippen LogP contribution >= 0.6 is 11.6 Å². The minimum atomic E-state index is -0.374. The fourth-order valence-corrected chi connectivity index (χ4v) is 3.27. The molecule has 1 aliphatic carbocycles. The van der Waals surface area contributed by atoms with Crippen molar-refractivity contribution in [3.8, 4) is 0 Å². The van der Waals surface area contributed by atoms with E-state index < -0.39 is 0 Å². The second kappa shape index (κ2) is 6.10. The second-order valence-corrected chi connectivity index (χ2v) is 6.41. The van der Waals surface area contributed by atoms with Gasteiger partial charge in [0.05, 0.1) is 5.57 Å². The number of piperidine rings is 1. The normalized spacial score (nSPS) is 27.9. The van der Waals surface area contributed by atoms with Gasteiger partial charge in [0, 0.05) is 30.2 Å². The first-order valence-corrected chi connectivity index (χ1v) is 7.47. The van der Waals surface area contributed by atoms with Gasteiger partial charge in [-0.1, -0.05) is 25.4 Å². The van der Waals surface area contributed by atoms with E-state index in [4.69, 9.17) is 11.6 Å². The van der Waals surface area contributed by atoms with Gasteiger partial charge < -0.3 is 0 Å². The van der Waals surface area contributed by atoms with Gasteiger partial charge in [-0.2, -0.15) is 0 Å². The van der Waals surface area contributed by atoms with Gasteiger partial charge in [-0.3, -0.25) is 24.5 Å². The minimum absolute atomic E-state index is 0.00981. The van der Waals surface area contributed by atoms with E-state index in [1.807, 2.05) is 6.92 Å². The average Bonchev–Trinajstić information content (AvgIpc) is 2.35. The molecule has 2 rings (SSSR count). The molecule has 0 bridgehead atoms. The first-order valence-electron chi connectivity index (χ1n) is 7.09. The van der Waals surface area contributed by atoms with Crippen LogP contribution in [0.4, 0.5) is 0 Å². The molecule has 6 heteroatoms. The zero-order valence-corrected chi connectivity index (χ0v) is 12.8. The fraction of sp³-hybridized carbons (Fsp3) is 0.600. The smallest absolute Gasteiger partial charge is 0.226 e. The molecule has 0 aromatic heterocycles. The predicted molar refractivity (Wildman–Crippen MR) is 76.3 cm³/mol. The summed E-state index contributed by atoms with van der Waals surface area (Å²) in [5, 5.41) is 2.51. The van der Waals surface area contributed by atoms with Crippen LogP contribution in [-0.4, -0.2) is 23.4 Å². The lowest BCUT2D eigenvalue weighted by atomic mass is 9.79. The quantitative estimate of drug-likeness (QED) is 0.636. The Morgan fingerprint density at radius 2 is 1.71 bits per heavy atom. The van der Waals surface area contributed by atoms with Crippen molar-refractivity contribution in [3.63, 3.8) is 0 Å². The second-order valence-electron chi connectivity index (χ2n) is 6.00. The molecule has 2 atom stereocenters. The van der Waals surface area contributed by atoms with Gasteiger partial charge in [0.1, 0.15) is 0 Å². The zero-order chi connectivity index (χ0) is 15.7. The van der Waals surface area contributed by atoms with Crippen molar-refractivity contribution in [2.75, 3.05) is 0 Å². The maximum absolute atomic E-state index is 12.4. The molecule has 21 heavy (non-hydrogen) atoms. The van der Waals surface area contributed by atoms with Gasteiger partial charge in [0.2, 0.25) is 11.8 Å². The molecule has 1 fully saturated rings. The van der Waals surface area contributed by atoms with E-state index in [0.29, 0.717) is 11.5 Å². The number of carbonyl (C=O) groups is 4. The molecule has 0 saturated carbocycles. The van der Waals surface area contributed by atoms with Crippen LogP contribution in [-0.2, 0) is 19.2 Å². The van der Waals surface area contributed by atoms with Crippen molar-refractivity contribution >= 4 is 35.0 Å². The first kappa shape index (κ1) is 15.9. The molecule has 5 nitrogen and oxygen atoms in total. The molecule has 114 valence electrons. The molecule has 0 spiro atoms. The van der Waals surface area contributed by atoms with Gasteiger partial charge in [0.15, 0.2) is 11.6 Å². The third-order valence-corrected chi connectivity index (χ3v) is 4.61. The van der Waals surface area contributed by atoms with Gasteiger partial charge in [-0.25, -0.2) is 0 Å². The van der Waals surface area contributed by atoms with Gasteiger partial charge in [0.25, 0.3) is 0 Å². The number of halogens is 1. The molecule has 2 aliphatic rings. The number of Topliss-reactive ketones (excluding diaryl/α,β-unsaturated/α-hetero) is 2. The molecule has 0 aromatic carbocycles. The Labute approximate surface area is 128 Å². The Balaban J connectivity index is 2.15. The lowest BCUT2D eigenvalue weighted by Gasteiger charge is -2.26. The van der Waals surface area contributed by atoms with Crippen LogP contribution in [0.5, 0.6) is 0 Å². The van der Waals surface area contributed by atoms with Crippen molar-refractivity contribution in [3.05, 3.63) is 10.6 Å². The summed E-state index contributed by atoms with van der Waals surface area (Å²) in [5.41, 5.74) is 0.0707. The monoisotopic (exact) mass is 311 g/mol. The fourth-order valence-electron chi connectivity index (χ4n) is 2.98. The largest absolute Gasteiger partial charge is 0.296 e. The zero-order valence-electron chi connectivity index (χ0n) is 12.1. The highest BCUT2D eigenvalue weighted by Crippen LogP contribution is 2.35. The number of allylic oxidation sites excluding steroid dienone is 2. The molecule has 0 aromatic rings. The van der Waals surface area contributed by atoms with Crippen molar-refractivity contribution in [2.45, 2.75) is 39.5 Å². The lowest BCUT2D eigenvalue weighted by molar-refractivity contribution is -0.135. The predicted octanol–water partition coefficient (Wildman–Crippen LogP) is 1.74. The van der Waals surface area contributed by atoms with Gasteiger partial charge >= 0.3 is 0 Å². The highest BCUT2D eigenvalue weighted by atomic mass is 35.5. The standard InChI is InChI=1S/C15H18ClNO4/c1-7-3-8(2)15(21)13(14(7)16)10(18)4-9-5-11(19)17-12(20)6-9/h7-9H,3-6H2,1-2H3,(H,17,19,20). The van der Waals surface area contributed by atoms with Crippen LogP contribution in [0.25, 0.3) is 0 Å². The number of nitrogens with one attached hydrogen (secondary N) is 1. The van der Waals surface area contributed by atoms with Crippen LogP contribution in [0, 0.1) is 17.8 Å². The van der Waals surface area contributed by atoms with Crippen molar-refractivity contribution in [2.24, 2.45) is 17.8 Å². The summed E-state index contributed by atoms with van der Waals surface area (Å²) in [6.07, 6.45) is 0.901. The van der Waals surface area contributed by atoms with E-state index in [2.05, 4.69) is 5.32 Å². The van der Waals surface area contributed by atoms with Crippen LogP contribution in [0.1, 0.15) is 39.5 Å². The lowest BCUT2D eigenvalue weighted by Crippen LogP contribution is -2.39. The highest BCUT2D eigenvalue weighted by molar-refractivity contribution is 6.37. The SMILES string of the molecule is CC1CC(C)C(Cl)=C(C(=O)CC2CC(=O)NC(=O)C2)C1=O. The number of amides is 2. The Hall–Kier alpha value is -1.49. The first-order chi connectivity index (χ1) is 9.79. The Morgan fingerprint density at radius 3 is 2.29 bits per heavy atom. The van der Waals surface area contributed by atoms with E-state index in [-0.39, 0.29) is 66.0 Å². The van der Waals surface area contributed by atoms with Crippen molar-refractivity contribution in [1.29, 1.82) is 0 Å². The number of hydrogen-bond acceptors (Lipinski definition) is 4. The van der Waals surface area contributed by atoms with E-state index >= 15 is 0 Å². The third-order valence-electron chi connectivity index (χ3n) is 4.05. The van der Waals surface area contributed by atoms with Crippen LogP contribution in [0.15, 0.2) is 10.6 Å². The van der Waals surface area contributed by atoms with Crippen LogP contribution in [0.3, 0.4) is 0 Å². The molecular weight excluding hydrogens is 294 g/mol. The maximum Gasteiger partial charge on any atom is 0.226 e. The topological polar surface area (TPSA) is 80.3 Å². The Bertz CT molecular complexity index is 536. The highest BCUT2D eigenvalue weighted by Gasteiger charge is 2.36. The summed E-state index contributed by atoms with van der Waals surface area (Å²) in [6, 6.07) is 0. The number of hydrogen-bond donors (Lipinski definition) is 1. The number of carbonyl (C=O) groups excluding carboxylic acids is 4. The third kappa shape index (κ3) is 3.40. The number of imide groups is 1. The molecule has 2 unspecified atom stereocenters. The molecule has 1 saturated heterocycles. The summed E-state index contributed by atoms with van der Waals surface area (Å²) >= 11 is 6.15. The van der Waals surface area contributed by atoms with E-state index in [9.17, 15) is 19.2 Å². The summed E-state index contributed by atoms with van der Waals surface area (Å²) in [7, 11) is 0. The summed E-state index contributed by atoms with van der Waals surface area (Å²) in [4.78, 5) is 47.2. The minimum Gasteiger partial charge on any atom is -0.296 e. The van der Waals surface area contributed by atoms with Crippen molar-refractivity contribution < 1.29 is 19.2 Å². The van der Waals surface area contributed by atoms with Crippen LogP contribution in [0.2, 0.25) is 0 Å². The number of ketones is 2. The molecule has 0 radical (unpaired) electrons. The maximum atomic E-state index is 12.4. The summed E-state index contributed by atoms with van der Waals surface area (Å²) < 4.78 is 0. The Morgan fingerprint density at radius 1 is 1.14 bits per heavy atom. The molecule has 1 aliphatic heterocycles. The van der Waals surface area contributed by atoms with Gasteiger partial charge in [-0.15, -0.1) is 0 Å². The Kier molecular flexibility index (Phi) is 4.61. The average molecular weight is 312 g/mol. The molecular formula is C15H18ClNO4. The van der Waals surface area contributed by atoms with E-state index in [0.717, 1.165) is 0 Å². The molecule has 1 heterocycles. The summed E-state index contributed by atoms with van der Waals surface area (Å²) in [5.74, 6) is -1.92. The van der Waals surface area contributed by atoms with Gasteiger partial charge in [-0.05, 0) is 18.3 Å². The summed E-state index contributed by atoms with van der Waals surface area (Å²) in [6.45, 7) is 3.67. The van der Waals surface area contributed by atoms with Crippen molar-refractivity contribution in [1.82, 2.24) is 5.32 Å². The molecule has 1 N–H and O–H groups in total. The van der Waals surface area contributed by atoms with E-state index in [1.165, 1.54) is 0 Å².